The number of hydrazine groups is 1. The van der Waals surface area contributed by atoms with Gasteiger partial charge in [0.15, 0.2) is 0 Å². The zero-order chi connectivity index (χ0) is 23.5. The van der Waals surface area contributed by atoms with Gasteiger partial charge in [0.25, 0.3) is 0 Å². The van der Waals surface area contributed by atoms with Crippen LogP contribution in [0.2, 0.25) is 0 Å². The van der Waals surface area contributed by atoms with Gasteiger partial charge in [-0.15, -0.1) is 0 Å². The Balaban J connectivity index is 1.58. The fraction of sp³-hybridized carbons (Fsp3) is 0.545. The number of carbonyl (C=O) groups excluding carboxylic acids is 3. The predicted molar refractivity (Wildman–Crippen MR) is 115 cm³/mol. The molecule has 3 saturated heterocycles. The summed E-state index contributed by atoms with van der Waals surface area (Å²) in [6.07, 6.45) is 0.239. The Hall–Kier alpha value is -3.18. The van der Waals surface area contributed by atoms with Crippen LogP contribution >= 0.6 is 0 Å². The average Bonchev–Trinajstić information content (AvgIpc) is 3.28. The number of urea groups is 1. The molecule has 4 rings (SSSR count). The second-order valence-corrected chi connectivity index (χ2v) is 8.58. The summed E-state index contributed by atoms with van der Waals surface area (Å²) < 4.78 is 5.67. The first-order chi connectivity index (χ1) is 15.8. The van der Waals surface area contributed by atoms with Gasteiger partial charge in [-0.1, -0.05) is 30.3 Å². The molecular weight excluding hydrogens is 430 g/mol. The second-order valence-electron chi connectivity index (χ2n) is 8.58. The van der Waals surface area contributed by atoms with E-state index in [0.29, 0.717) is 19.7 Å². The lowest BCUT2D eigenvalue weighted by Crippen LogP contribution is -2.76. The molecule has 0 radical (unpaired) electrons. The highest BCUT2D eigenvalue weighted by molar-refractivity contribution is 5.93. The summed E-state index contributed by atoms with van der Waals surface area (Å²) >= 11 is 0. The molecule has 0 bridgehead atoms. The summed E-state index contributed by atoms with van der Waals surface area (Å²) in [7, 11) is 1.63. The molecule has 0 spiro atoms. The molecule has 1 unspecified atom stereocenters. The van der Waals surface area contributed by atoms with Crippen LogP contribution in [0.1, 0.15) is 24.8 Å². The number of carbonyl (C=O) groups is 4. The third kappa shape index (κ3) is 4.93. The normalized spacial score (nSPS) is 25.8. The number of likely N-dealkylation sites (N-methyl/N-ethyl adjacent to an activating group) is 1. The molecule has 178 valence electrons. The van der Waals surface area contributed by atoms with Crippen LogP contribution in [0.25, 0.3) is 0 Å². The van der Waals surface area contributed by atoms with E-state index < -0.39 is 36.5 Å². The summed E-state index contributed by atoms with van der Waals surface area (Å²) in [6, 6.07) is 7.82. The third-order valence-electron chi connectivity index (χ3n) is 6.25. The minimum Gasteiger partial charge on any atom is -0.481 e. The summed E-state index contributed by atoms with van der Waals surface area (Å²) in [5.41, 5.74) is 0.918. The zero-order valence-electron chi connectivity index (χ0n) is 18.6. The number of nitrogens with one attached hydrogen (secondary N) is 1. The maximum Gasteiger partial charge on any atom is 0.334 e. The van der Waals surface area contributed by atoms with Gasteiger partial charge in [-0.2, -0.15) is 0 Å². The van der Waals surface area contributed by atoms with Crippen molar-refractivity contribution in [1.29, 1.82) is 0 Å². The first-order valence-electron chi connectivity index (χ1n) is 11.1. The van der Waals surface area contributed by atoms with E-state index in [9.17, 15) is 24.3 Å². The van der Waals surface area contributed by atoms with E-state index in [0.717, 1.165) is 18.4 Å². The average molecular weight is 460 g/mol. The lowest BCUT2D eigenvalue weighted by molar-refractivity contribution is -0.189. The van der Waals surface area contributed by atoms with E-state index in [1.807, 2.05) is 30.3 Å². The number of carboxylic acids is 1. The molecule has 1 aromatic rings. The molecule has 11 heteroatoms. The van der Waals surface area contributed by atoms with Gasteiger partial charge >= 0.3 is 12.0 Å². The standard InChI is InChI=1S/C22H29N5O6/c1-24-14-19(28)26-17(10-20(29)30)21(31)25(12-16-8-5-9-33-16)13-18(26)27(24)22(32)23-11-15-6-3-2-4-7-15/h2-4,6-7,16-18H,5,8-14H2,1H3,(H,23,32)(H,29,30)/t16?,17-,18-/m0/s1. The van der Waals surface area contributed by atoms with Crippen molar-refractivity contribution in [1.82, 2.24) is 25.1 Å². The van der Waals surface area contributed by atoms with Gasteiger partial charge in [0, 0.05) is 26.7 Å². The second kappa shape index (κ2) is 9.75. The quantitative estimate of drug-likeness (QED) is 0.618. The molecule has 33 heavy (non-hydrogen) atoms. The molecule has 2 N–H and O–H groups in total. The van der Waals surface area contributed by atoms with Crippen LogP contribution in [0.4, 0.5) is 4.79 Å². The van der Waals surface area contributed by atoms with Gasteiger partial charge in [-0.25, -0.2) is 14.8 Å². The highest BCUT2D eigenvalue weighted by Crippen LogP contribution is 2.28. The van der Waals surface area contributed by atoms with Crippen LogP contribution in [0.15, 0.2) is 30.3 Å². The number of carboxylic acid groups (broad SMARTS) is 1. The Morgan fingerprint density at radius 3 is 2.64 bits per heavy atom. The summed E-state index contributed by atoms with van der Waals surface area (Å²) in [5.74, 6) is -1.99. The molecule has 11 nitrogen and oxygen atoms in total. The Morgan fingerprint density at radius 2 is 1.97 bits per heavy atom. The highest BCUT2D eigenvalue weighted by Gasteiger charge is 2.51. The molecule has 4 amide bonds. The van der Waals surface area contributed by atoms with E-state index in [1.165, 1.54) is 19.8 Å². The number of fused-ring (bicyclic) bond motifs is 1. The van der Waals surface area contributed by atoms with Gasteiger partial charge in [0.1, 0.15) is 12.2 Å². The fourth-order valence-electron chi connectivity index (χ4n) is 4.72. The van der Waals surface area contributed by atoms with Crippen LogP contribution < -0.4 is 5.32 Å². The van der Waals surface area contributed by atoms with Gasteiger partial charge in [-0.05, 0) is 18.4 Å². The van der Waals surface area contributed by atoms with Crippen molar-refractivity contribution >= 4 is 23.8 Å². The minimum absolute atomic E-state index is 0.0870. The molecule has 0 aliphatic carbocycles. The number of hydrogen-bond donors (Lipinski definition) is 2. The van der Waals surface area contributed by atoms with Crippen molar-refractivity contribution in [3.63, 3.8) is 0 Å². The third-order valence-corrected chi connectivity index (χ3v) is 6.25. The Bertz CT molecular complexity index is 906. The van der Waals surface area contributed by atoms with E-state index in [2.05, 4.69) is 5.32 Å². The molecule has 3 aliphatic rings. The Labute approximate surface area is 191 Å². The van der Waals surface area contributed by atoms with Crippen molar-refractivity contribution in [2.24, 2.45) is 0 Å². The van der Waals surface area contributed by atoms with Crippen LogP contribution in [0.3, 0.4) is 0 Å². The maximum absolute atomic E-state index is 13.2. The number of benzene rings is 1. The number of hydrogen-bond acceptors (Lipinski definition) is 6. The van der Waals surface area contributed by atoms with E-state index in [4.69, 9.17) is 4.74 Å². The van der Waals surface area contributed by atoms with Crippen molar-refractivity contribution in [2.45, 2.75) is 44.1 Å². The number of nitrogens with zero attached hydrogens (tertiary/aromatic N) is 4. The molecule has 1 aromatic carbocycles. The number of amides is 4. The molecule has 0 saturated carbocycles. The molecule has 3 atom stereocenters. The van der Waals surface area contributed by atoms with E-state index in [-0.39, 0.29) is 25.1 Å². The molecule has 0 aromatic heterocycles. The van der Waals surface area contributed by atoms with Crippen molar-refractivity contribution in [2.75, 3.05) is 33.3 Å². The SMILES string of the molecule is CN1CC(=O)N2[C@@H](CC(=O)O)C(=O)N(CC3CCCO3)C[C@@H]2N1C(=O)NCc1ccccc1. The van der Waals surface area contributed by atoms with E-state index in [1.54, 1.807) is 7.05 Å². The summed E-state index contributed by atoms with van der Waals surface area (Å²) in [6.45, 7) is 1.17. The Kier molecular flexibility index (Phi) is 6.80. The smallest absolute Gasteiger partial charge is 0.334 e. The van der Waals surface area contributed by atoms with Crippen molar-refractivity contribution in [3.05, 3.63) is 35.9 Å². The van der Waals surface area contributed by atoms with Crippen molar-refractivity contribution < 1.29 is 29.0 Å². The molecular formula is C22H29N5O6. The van der Waals surface area contributed by atoms with E-state index >= 15 is 0 Å². The number of ether oxygens (including phenoxy) is 1. The fourth-order valence-corrected chi connectivity index (χ4v) is 4.72. The van der Waals surface area contributed by atoms with Crippen molar-refractivity contribution in [3.8, 4) is 0 Å². The highest BCUT2D eigenvalue weighted by atomic mass is 16.5. The van der Waals surface area contributed by atoms with Crippen LogP contribution in [0, 0.1) is 0 Å². The monoisotopic (exact) mass is 459 g/mol. The number of piperazine rings is 1. The first-order valence-corrected chi connectivity index (χ1v) is 11.1. The minimum atomic E-state index is -1.18. The lowest BCUT2D eigenvalue weighted by Gasteiger charge is -2.54. The summed E-state index contributed by atoms with van der Waals surface area (Å²) in [5, 5.41) is 15.2. The number of aliphatic carboxylic acids is 1. The van der Waals surface area contributed by atoms with Crippen LogP contribution in [-0.2, 0) is 25.7 Å². The zero-order valence-corrected chi connectivity index (χ0v) is 18.6. The predicted octanol–water partition coefficient (Wildman–Crippen LogP) is 0.0778. The Morgan fingerprint density at radius 1 is 1.21 bits per heavy atom. The molecule has 3 heterocycles. The molecule has 3 aliphatic heterocycles. The lowest BCUT2D eigenvalue weighted by atomic mass is 10.0. The van der Waals surface area contributed by atoms with Gasteiger partial charge < -0.3 is 25.0 Å². The molecule has 3 fully saturated rings. The van der Waals surface area contributed by atoms with Gasteiger partial charge in [0.2, 0.25) is 11.8 Å². The maximum atomic E-state index is 13.2. The van der Waals surface area contributed by atoms with Gasteiger partial charge in [0.05, 0.1) is 25.6 Å². The first kappa shape index (κ1) is 23.0. The van der Waals surface area contributed by atoms with Crippen LogP contribution in [0.5, 0.6) is 0 Å². The number of rotatable bonds is 6. The van der Waals surface area contributed by atoms with Gasteiger partial charge in [-0.3, -0.25) is 14.4 Å². The largest absolute Gasteiger partial charge is 0.481 e. The topological polar surface area (TPSA) is 123 Å². The summed E-state index contributed by atoms with van der Waals surface area (Å²) in [4.78, 5) is 53.7. The van der Waals surface area contributed by atoms with Crippen LogP contribution in [-0.4, -0.2) is 100 Å².